The Morgan fingerprint density at radius 1 is 1.23 bits per heavy atom. The van der Waals surface area contributed by atoms with Gasteiger partial charge in [-0.2, -0.15) is 0 Å². The van der Waals surface area contributed by atoms with E-state index in [1.807, 2.05) is 18.2 Å². The molecule has 2 aliphatic heterocycles. The molecule has 0 saturated carbocycles. The van der Waals surface area contributed by atoms with Crippen molar-refractivity contribution in [2.45, 2.75) is 71.0 Å². The van der Waals surface area contributed by atoms with Gasteiger partial charge < -0.3 is 20.3 Å². The van der Waals surface area contributed by atoms with E-state index in [2.05, 4.69) is 23.3 Å². The van der Waals surface area contributed by atoms with Gasteiger partial charge in [0.1, 0.15) is 5.82 Å². The number of nitrogens with zero attached hydrogens (tertiary/aromatic N) is 3. The largest absolute Gasteiger partial charge is 0.396 e. The summed E-state index contributed by atoms with van der Waals surface area (Å²) in [6.45, 7) is 6.11. The molecule has 0 aliphatic carbocycles. The van der Waals surface area contributed by atoms with E-state index in [0.29, 0.717) is 18.4 Å². The third kappa shape index (κ3) is 5.19. The fourth-order valence-corrected chi connectivity index (χ4v) is 5.25. The fourth-order valence-electron chi connectivity index (χ4n) is 5.25. The Morgan fingerprint density at radius 3 is 2.48 bits per heavy atom. The Hall–Kier alpha value is -1.34. The van der Waals surface area contributed by atoms with Gasteiger partial charge >= 0.3 is 0 Å². The summed E-state index contributed by atoms with van der Waals surface area (Å²) in [6.07, 6.45) is 5.78. The molecule has 2 aromatic rings. The molecule has 3 heterocycles. The zero-order valence-electron chi connectivity index (χ0n) is 18.5. The minimum atomic E-state index is 0. The highest BCUT2D eigenvalue weighted by molar-refractivity contribution is 5.98. The van der Waals surface area contributed by atoms with Gasteiger partial charge in [-0.05, 0) is 68.7 Å². The molecule has 2 saturated heterocycles. The predicted octanol–water partition coefficient (Wildman–Crippen LogP) is 3.80. The van der Waals surface area contributed by atoms with Crippen LogP contribution in [-0.4, -0.2) is 50.7 Å². The molecule has 8 heteroatoms. The van der Waals surface area contributed by atoms with Crippen molar-refractivity contribution in [2.24, 2.45) is 17.6 Å². The maximum atomic E-state index is 13.4. The number of imidazole rings is 1. The van der Waals surface area contributed by atoms with Crippen molar-refractivity contribution >= 4 is 41.8 Å². The monoisotopic (exact) mass is 470 g/mol. The molecule has 2 fully saturated rings. The number of rotatable bonds is 7. The second-order valence-corrected chi connectivity index (χ2v) is 9.24. The van der Waals surface area contributed by atoms with Gasteiger partial charge in [0.25, 0.3) is 5.91 Å². The van der Waals surface area contributed by atoms with Gasteiger partial charge in [0.2, 0.25) is 0 Å². The van der Waals surface area contributed by atoms with Crippen LogP contribution in [0.15, 0.2) is 18.2 Å². The number of halogens is 2. The van der Waals surface area contributed by atoms with Crippen molar-refractivity contribution in [2.75, 3.05) is 13.2 Å². The van der Waals surface area contributed by atoms with Crippen molar-refractivity contribution in [1.82, 2.24) is 14.5 Å². The molecule has 2 aliphatic rings. The zero-order chi connectivity index (χ0) is 20.5. The van der Waals surface area contributed by atoms with Gasteiger partial charge in [0, 0.05) is 37.2 Å². The van der Waals surface area contributed by atoms with Gasteiger partial charge in [0.05, 0.1) is 11.0 Å². The van der Waals surface area contributed by atoms with E-state index in [4.69, 9.17) is 10.7 Å². The minimum Gasteiger partial charge on any atom is -0.396 e. The van der Waals surface area contributed by atoms with E-state index in [9.17, 15) is 9.90 Å². The molecule has 3 N–H and O–H groups in total. The van der Waals surface area contributed by atoms with Crippen LogP contribution >= 0.6 is 24.8 Å². The summed E-state index contributed by atoms with van der Waals surface area (Å²) < 4.78 is 2.26. The van der Waals surface area contributed by atoms with Crippen LogP contribution in [0.4, 0.5) is 0 Å². The first-order valence-electron chi connectivity index (χ1n) is 11.1. The van der Waals surface area contributed by atoms with Crippen molar-refractivity contribution in [3.05, 3.63) is 29.6 Å². The smallest absolute Gasteiger partial charge is 0.254 e. The second-order valence-electron chi connectivity index (χ2n) is 9.24. The molecule has 174 valence electrons. The van der Waals surface area contributed by atoms with Crippen molar-refractivity contribution in [3.8, 4) is 0 Å². The molecule has 3 atom stereocenters. The van der Waals surface area contributed by atoms with Crippen LogP contribution in [-0.2, 0) is 13.0 Å². The number of carbonyl (C=O) groups is 1. The lowest BCUT2D eigenvalue weighted by Gasteiger charge is -2.38. The third-order valence-electron chi connectivity index (χ3n) is 6.57. The van der Waals surface area contributed by atoms with Crippen molar-refractivity contribution in [1.29, 1.82) is 0 Å². The van der Waals surface area contributed by atoms with Crippen molar-refractivity contribution in [3.63, 3.8) is 0 Å². The quantitative estimate of drug-likeness (QED) is 0.644. The van der Waals surface area contributed by atoms with Crippen LogP contribution in [0.25, 0.3) is 11.0 Å². The molecular formula is C23H36Cl2N4O2. The summed E-state index contributed by atoms with van der Waals surface area (Å²) in [5.41, 5.74) is 8.51. The van der Waals surface area contributed by atoms with E-state index in [0.717, 1.165) is 67.5 Å². The summed E-state index contributed by atoms with van der Waals surface area (Å²) in [7, 11) is 0. The summed E-state index contributed by atoms with van der Waals surface area (Å²) in [6, 6.07) is 6.50. The number of piperidine rings is 1. The number of amides is 1. The number of carbonyl (C=O) groups excluding carboxylic acids is 1. The SMILES string of the molecule is CC(C)Cc1nc2ccc(C(=O)N3[C@@H]4CC[C@H]3CC(CO)C4)cc2n1CCCN.Cl.Cl. The molecule has 1 aromatic heterocycles. The van der Waals surface area contributed by atoms with Crippen LogP contribution in [0.2, 0.25) is 0 Å². The molecule has 0 radical (unpaired) electrons. The second kappa shape index (κ2) is 11.0. The number of hydrogen-bond donors (Lipinski definition) is 2. The Balaban J connectivity index is 0.00000171. The van der Waals surface area contributed by atoms with E-state index >= 15 is 0 Å². The Morgan fingerprint density at radius 2 is 1.90 bits per heavy atom. The summed E-state index contributed by atoms with van der Waals surface area (Å²) >= 11 is 0. The zero-order valence-corrected chi connectivity index (χ0v) is 20.1. The normalized spacial score (nSPS) is 22.5. The molecular weight excluding hydrogens is 435 g/mol. The number of aromatic nitrogens is 2. The highest BCUT2D eigenvalue weighted by Gasteiger charge is 2.43. The lowest BCUT2D eigenvalue weighted by molar-refractivity contribution is 0.0453. The van der Waals surface area contributed by atoms with E-state index in [1.165, 1.54) is 0 Å². The van der Waals surface area contributed by atoms with Crippen LogP contribution in [0.3, 0.4) is 0 Å². The number of nitrogens with two attached hydrogens (primary N) is 1. The standard InChI is InChI=1S/C23H34N4O2.2ClH/c1-15(2)10-22-25-20-7-4-17(13-21(20)26(22)9-3-8-24)23(29)27-18-5-6-19(27)12-16(11-18)14-28;;/h4,7,13,15-16,18-19,28H,3,5-6,8-12,14,24H2,1-2H3;2*1H/t16?,18-,19+;;. The fraction of sp³-hybridized carbons (Fsp3) is 0.652. The topological polar surface area (TPSA) is 84.4 Å². The maximum Gasteiger partial charge on any atom is 0.254 e. The van der Waals surface area contributed by atoms with Gasteiger partial charge in [-0.1, -0.05) is 13.8 Å². The van der Waals surface area contributed by atoms with Crippen LogP contribution in [0.1, 0.15) is 62.1 Å². The highest BCUT2D eigenvalue weighted by atomic mass is 35.5. The lowest BCUT2D eigenvalue weighted by atomic mass is 9.91. The highest BCUT2D eigenvalue weighted by Crippen LogP contribution is 2.39. The van der Waals surface area contributed by atoms with E-state index in [1.54, 1.807) is 0 Å². The molecule has 1 aromatic carbocycles. The lowest BCUT2D eigenvalue weighted by Crippen LogP contribution is -2.47. The predicted molar refractivity (Wildman–Crippen MR) is 129 cm³/mol. The van der Waals surface area contributed by atoms with Crippen LogP contribution in [0.5, 0.6) is 0 Å². The van der Waals surface area contributed by atoms with Crippen LogP contribution in [0, 0.1) is 11.8 Å². The van der Waals surface area contributed by atoms with Gasteiger partial charge in [-0.3, -0.25) is 4.79 Å². The van der Waals surface area contributed by atoms with E-state index in [-0.39, 0.29) is 49.4 Å². The first kappa shape index (κ1) is 25.9. The Labute approximate surface area is 197 Å². The molecule has 6 nitrogen and oxygen atoms in total. The number of hydrogen-bond acceptors (Lipinski definition) is 4. The third-order valence-corrected chi connectivity index (χ3v) is 6.57. The van der Waals surface area contributed by atoms with Crippen LogP contribution < -0.4 is 5.73 Å². The molecule has 4 rings (SSSR count). The maximum absolute atomic E-state index is 13.4. The summed E-state index contributed by atoms with van der Waals surface area (Å²) in [5.74, 6) is 2.08. The molecule has 1 unspecified atom stereocenters. The average molecular weight is 471 g/mol. The molecule has 1 amide bonds. The van der Waals surface area contributed by atoms with Gasteiger partial charge in [0.15, 0.2) is 0 Å². The first-order chi connectivity index (χ1) is 14.0. The van der Waals surface area contributed by atoms with Crippen molar-refractivity contribution < 1.29 is 9.90 Å². The number of aliphatic hydroxyl groups is 1. The Bertz CT molecular complexity index is 872. The molecule has 2 bridgehead atoms. The minimum absolute atomic E-state index is 0. The van der Waals surface area contributed by atoms with E-state index < -0.39 is 0 Å². The number of aliphatic hydroxyl groups excluding tert-OH is 1. The summed E-state index contributed by atoms with van der Waals surface area (Å²) in [5, 5.41) is 9.56. The number of aryl methyl sites for hydroxylation is 1. The number of fused-ring (bicyclic) bond motifs is 3. The van der Waals surface area contributed by atoms with Gasteiger partial charge in [-0.25, -0.2) is 4.98 Å². The van der Waals surface area contributed by atoms with Gasteiger partial charge in [-0.15, -0.1) is 24.8 Å². The molecule has 0 spiro atoms. The number of benzene rings is 1. The molecule has 31 heavy (non-hydrogen) atoms. The summed E-state index contributed by atoms with van der Waals surface area (Å²) in [4.78, 5) is 20.4. The average Bonchev–Trinajstić information content (AvgIpc) is 3.17. The Kier molecular flexibility index (Phi) is 9.19. The first-order valence-corrected chi connectivity index (χ1v) is 11.1.